The first-order valence-electron chi connectivity index (χ1n) is 9.58. The molecule has 1 saturated heterocycles. The lowest BCUT2D eigenvalue weighted by atomic mass is 10.2. The summed E-state index contributed by atoms with van der Waals surface area (Å²) in [6.45, 7) is 2.38. The molecule has 9 heteroatoms. The van der Waals surface area contributed by atoms with Crippen molar-refractivity contribution in [1.82, 2.24) is 14.5 Å². The van der Waals surface area contributed by atoms with Crippen LogP contribution in [0.3, 0.4) is 0 Å². The van der Waals surface area contributed by atoms with Crippen molar-refractivity contribution in [3.8, 4) is 0 Å². The summed E-state index contributed by atoms with van der Waals surface area (Å²) in [6.07, 6.45) is 0. The smallest absolute Gasteiger partial charge is 0.339 e. The zero-order valence-electron chi connectivity index (χ0n) is 16.8. The number of hydrogen-bond acceptors (Lipinski definition) is 5. The van der Waals surface area contributed by atoms with Gasteiger partial charge in [-0.05, 0) is 30.3 Å². The van der Waals surface area contributed by atoms with Crippen LogP contribution >= 0.6 is 11.6 Å². The third-order valence-corrected chi connectivity index (χ3v) is 5.48. The highest BCUT2D eigenvalue weighted by Gasteiger charge is 2.25. The highest BCUT2D eigenvalue weighted by Crippen LogP contribution is 2.24. The summed E-state index contributed by atoms with van der Waals surface area (Å²) >= 11 is 6.04. The minimum Gasteiger partial charge on any atom is -0.465 e. The second-order valence-electron chi connectivity index (χ2n) is 7.05. The number of para-hydroxylation sites is 2. The SMILES string of the molecule is COC(=O)c1ccc(Cl)cc1NC(=O)N1CCN(c2nc3ccccc3n2C)CC1. The van der Waals surface area contributed by atoms with Gasteiger partial charge >= 0.3 is 12.0 Å². The number of carbonyl (C=O) groups excluding carboxylic acids is 2. The van der Waals surface area contributed by atoms with E-state index in [1.807, 2.05) is 31.3 Å². The summed E-state index contributed by atoms with van der Waals surface area (Å²) in [4.78, 5) is 33.3. The number of aryl methyl sites for hydroxylation is 1. The Labute approximate surface area is 179 Å². The largest absolute Gasteiger partial charge is 0.465 e. The number of rotatable bonds is 3. The molecular weight excluding hydrogens is 406 g/mol. The number of hydrogen-bond donors (Lipinski definition) is 1. The first-order chi connectivity index (χ1) is 14.5. The van der Waals surface area contributed by atoms with Gasteiger partial charge in [-0.15, -0.1) is 0 Å². The van der Waals surface area contributed by atoms with Crippen LogP contribution in [0.5, 0.6) is 0 Å². The molecule has 2 heterocycles. The minimum atomic E-state index is -0.534. The highest BCUT2D eigenvalue weighted by atomic mass is 35.5. The molecule has 1 fully saturated rings. The predicted molar refractivity (Wildman–Crippen MR) is 116 cm³/mol. The molecule has 2 aromatic carbocycles. The van der Waals surface area contributed by atoms with Gasteiger partial charge in [0.25, 0.3) is 0 Å². The number of carbonyl (C=O) groups is 2. The normalized spacial score (nSPS) is 14.1. The van der Waals surface area contributed by atoms with E-state index in [1.54, 1.807) is 17.0 Å². The molecule has 0 radical (unpaired) electrons. The van der Waals surface area contributed by atoms with E-state index in [0.29, 0.717) is 36.9 Å². The average Bonchev–Trinajstić information content (AvgIpc) is 3.10. The van der Waals surface area contributed by atoms with Gasteiger partial charge in [0.15, 0.2) is 0 Å². The van der Waals surface area contributed by atoms with Crippen molar-refractivity contribution in [1.29, 1.82) is 0 Å². The third kappa shape index (κ3) is 3.78. The summed E-state index contributed by atoms with van der Waals surface area (Å²) in [7, 11) is 3.29. The van der Waals surface area contributed by atoms with E-state index in [4.69, 9.17) is 21.3 Å². The maximum absolute atomic E-state index is 12.8. The molecule has 1 aliphatic rings. The zero-order chi connectivity index (χ0) is 21.3. The fourth-order valence-corrected chi connectivity index (χ4v) is 3.80. The quantitative estimate of drug-likeness (QED) is 0.648. The summed E-state index contributed by atoms with van der Waals surface area (Å²) in [6, 6.07) is 12.4. The maximum atomic E-state index is 12.8. The fraction of sp³-hybridized carbons (Fsp3) is 0.286. The molecule has 0 atom stereocenters. The molecule has 0 unspecified atom stereocenters. The summed E-state index contributed by atoms with van der Waals surface area (Å²) < 4.78 is 6.85. The number of methoxy groups -OCH3 is 1. The van der Waals surface area contributed by atoms with Gasteiger partial charge in [0.2, 0.25) is 5.95 Å². The number of halogens is 1. The van der Waals surface area contributed by atoms with Crippen LogP contribution in [0, 0.1) is 0 Å². The van der Waals surface area contributed by atoms with Gasteiger partial charge in [0.05, 0.1) is 29.4 Å². The number of anilines is 2. The van der Waals surface area contributed by atoms with E-state index in [2.05, 4.69) is 14.8 Å². The zero-order valence-corrected chi connectivity index (χ0v) is 17.5. The number of aromatic nitrogens is 2. The molecule has 0 bridgehead atoms. The lowest BCUT2D eigenvalue weighted by molar-refractivity contribution is 0.0602. The fourth-order valence-electron chi connectivity index (χ4n) is 3.63. The van der Waals surface area contributed by atoms with Gasteiger partial charge in [0, 0.05) is 38.2 Å². The van der Waals surface area contributed by atoms with E-state index >= 15 is 0 Å². The number of piperazine rings is 1. The molecule has 0 spiro atoms. The first-order valence-corrected chi connectivity index (χ1v) is 9.96. The van der Waals surface area contributed by atoms with Crippen molar-refractivity contribution < 1.29 is 14.3 Å². The average molecular weight is 428 g/mol. The number of fused-ring (bicyclic) bond motifs is 1. The molecule has 8 nitrogen and oxygen atoms in total. The molecule has 30 heavy (non-hydrogen) atoms. The maximum Gasteiger partial charge on any atom is 0.339 e. The van der Waals surface area contributed by atoms with Crippen molar-refractivity contribution in [2.24, 2.45) is 7.05 Å². The highest BCUT2D eigenvalue weighted by molar-refractivity contribution is 6.31. The van der Waals surface area contributed by atoms with E-state index in [0.717, 1.165) is 17.0 Å². The van der Waals surface area contributed by atoms with Crippen molar-refractivity contribution in [3.05, 3.63) is 53.1 Å². The molecule has 3 aromatic rings. The summed E-state index contributed by atoms with van der Waals surface area (Å²) in [5.41, 5.74) is 2.61. The molecule has 1 aliphatic heterocycles. The Kier molecular flexibility index (Phi) is 5.50. The number of nitrogens with one attached hydrogen (secondary N) is 1. The van der Waals surface area contributed by atoms with Crippen LogP contribution < -0.4 is 10.2 Å². The lowest BCUT2D eigenvalue weighted by Crippen LogP contribution is -2.50. The van der Waals surface area contributed by atoms with Crippen molar-refractivity contribution in [2.75, 3.05) is 43.5 Å². The minimum absolute atomic E-state index is 0.258. The number of imidazole rings is 1. The van der Waals surface area contributed by atoms with Gasteiger partial charge in [-0.25, -0.2) is 14.6 Å². The van der Waals surface area contributed by atoms with Crippen LogP contribution in [0.2, 0.25) is 5.02 Å². The standard InChI is InChI=1S/C21H22ClN5O3/c1-25-18-6-4-3-5-16(18)23-20(25)26-9-11-27(12-10-26)21(29)24-17-13-14(22)7-8-15(17)19(28)30-2/h3-8,13H,9-12H2,1-2H3,(H,24,29). The lowest BCUT2D eigenvalue weighted by Gasteiger charge is -2.35. The van der Waals surface area contributed by atoms with E-state index in [1.165, 1.54) is 13.2 Å². The van der Waals surface area contributed by atoms with Crippen LogP contribution in [-0.2, 0) is 11.8 Å². The van der Waals surface area contributed by atoms with Gasteiger partial charge in [-0.2, -0.15) is 0 Å². The number of amides is 2. The molecule has 1 aromatic heterocycles. The topological polar surface area (TPSA) is 79.7 Å². The van der Waals surface area contributed by atoms with Gasteiger partial charge < -0.3 is 24.4 Å². The molecule has 4 rings (SSSR count). The third-order valence-electron chi connectivity index (χ3n) is 5.24. The Balaban J connectivity index is 1.44. The Bertz CT molecular complexity index is 1110. The van der Waals surface area contributed by atoms with Crippen LogP contribution in [0.25, 0.3) is 11.0 Å². The summed E-state index contributed by atoms with van der Waals surface area (Å²) in [5.74, 6) is 0.354. The van der Waals surface area contributed by atoms with Crippen LogP contribution in [-0.4, -0.2) is 59.7 Å². The summed E-state index contributed by atoms with van der Waals surface area (Å²) in [5, 5.41) is 3.21. The van der Waals surface area contributed by atoms with Crippen LogP contribution in [0.1, 0.15) is 10.4 Å². The number of nitrogens with zero attached hydrogens (tertiary/aromatic N) is 4. The van der Waals surface area contributed by atoms with Crippen molar-refractivity contribution in [3.63, 3.8) is 0 Å². The monoisotopic (exact) mass is 427 g/mol. The second-order valence-corrected chi connectivity index (χ2v) is 7.48. The molecular formula is C21H22ClN5O3. The number of ether oxygens (including phenoxy) is 1. The van der Waals surface area contributed by atoms with Gasteiger partial charge in [0.1, 0.15) is 0 Å². The van der Waals surface area contributed by atoms with Crippen molar-refractivity contribution in [2.45, 2.75) is 0 Å². The molecule has 2 amide bonds. The molecule has 1 N–H and O–H groups in total. The second kappa shape index (κ2) is 8.23. The van der Waals surface area contributed by atoms with E-state index in [9.17, 15) is 9.59 Å². The van der Waals surface area contributed by atoms with Gasteiger partial charge in [-0.1, -0.05) is 23.7 Å². The Morgan fingerprint density at radius 2 is 1.83 bits per heavy atom. The first kappa shape index (κ1) is 20.0. The Morgan fingerprint density at radius 1 is 1.10 bits per heavy atom. The van der Waals surface area contributed by atoms with Crippen LogP contribution in [0.4, 0.5) is 16.4 Å². The van der Waals surface area contributed by atoms with E-state index in [-0.39, 0.29) is 11.6 Å². The Hall–Kier alpha value is -3.26. The van der Waals surface area contributed by atoms with E-state index < -0.39 is 5.97 Å². The number of benzene rings is 2. The Morgan fingerprint density at radius 3 is 2.53 bits per heavy atom. The predicted octanol–water partition coefficient (Wildman–Crippen LogP) is 3.37. The van der Waals surface area contributed by atoms with Crippen molar-refractivity contribution >= 4 is 46.3 Å². The molecule has 0 saturated carbocycles. The number of esters is 1. The van der Waals surface area contributed by atoms with Gasteiger partial charge in [-0.3, -0.25) is 0 Å². The molecule has 0 aliphatic carbocycles. The molecule has 156 valence electrons. The number of urea groups is 1. The van der Waals surface area contributed by atoms with Crippen LogP contribution in [0.15, 0.2) is 42.5 Å².